The fraction of sp³-hybridized carbons (Fsp3) is 0.0714. The van der Waals surface area contributed by atoms with Gasteiger partial charge in [0.1, 0.15) is 5.82 Å². The van der Waals surface area contributed by atoms with E-state index in [1.165, 1.54) is 12.1 Å². The Bertz CT molecular complexity index is 601. The van der Waals surface area contributed by atoms with Crippen molar-refractivity contribution in [2.24, 2.45) is 0 Å². The van der Waals surface area contributed by atoms with Crippen molar-refractivity contribution in [3.8, 4) is 0 Å². The van der Waals surface area contributed by atoms with Gasteiger partial charge in [-0.1, -0.05) is 28.1 Å². The number of alkyl halides is 1. The fourth-order valence-corrected chi connectivity index (χ4v) is 2.07. The van der Waals surface area contributed by atoms with Gasteiger partial charge in [-0.2, -0.15) is 0 Å². The molecule has 2 aromatic carbocycles. The van der Waals surface area contributed by atoms with E-state index in [-0.39, 0.29) is 11.6 Å². The van der Waals surface area contributed by atoms with Crippen LogP contribution in [0.5, 0.6) is 0 Å². The van der Waals surface area contributed by atoms with Crippen molar-refractivity contribution in [3.63, 3.8) is 0 Å². The highest BCUT2D eigenvalue weighted by atomic mass is 79.9. The van der Waals surface area contributed by atoms with Crippen LogP contribution in [0.25, 0.3) is 0 Å². The van der Waals surface area contributed by atoms with Crippen molar-refractivity contribution in [2.45, 2.75) is 5.88 Å². The zero-order chi connectivity index (χ0) is 13.8. The topological polar surface area (TPSA) is 29.1 Å². The van der Waals surface area contributed by atoms with Crippen molar-refractivity contribution in [3.05, 3.63) is 63.9 Å². The molecule has 0 heterocycles. The Hall–Kier alpha value is -1.39. The minimum absolute atomic E-state index is 0.140. The molecular weight excluding hydrogens is 333 g/mol. The van der Waals surface area contributed by atoms with Gasteiger partial charge in [-0.15, -0.1) is 11.6 Å². The molecule has 0 aliphatic heterocycles. The Morgan fingerprint density at radius 1 is 1.21 bits per heavy atom. The Morgan fingerprint density at radius 2 is 1.89 bits per heavy atom. The zero-order valence-corrected chi connectivity index (χ0v) is 12.1. The van der Waals surface area contributed by atoms with E-state index >= 15 is 0 Å². The Balaban J connectivity index is 2.18. The first-order valence-electron chi connectivity index (χ1n) is 5.51. The number of rotatable bonds is 3. The van der Waals surface area contributed by atoms with Gasteiger partial charge in [0.05, 0.1) is 5.69 Å². The van der Waals surface area contributed by atoms with Crippen LogP contribution in [0.3, 0.4) is 0 Å². The molecule has 0 saturated heterocycles. The highest BCUT2D eigenvalue weighted by Crippen LogP contribution is 2.20. The summed E-state index contributed by atoms with van der Waals surface area (Å²) in [5.74, 6) is -0.450. The van der Waals surface area contributed by atoms with Gasteiger partial charge in [-0.05, 0) is 35.9 Å². The summed E-state index contributed by atoms with van der Waals surface area (Å²) in [5, 5.41) is 2.53. The molecule has 0 unspecified atom stereocenters. The lowest BCUT2D eigenvalue weighted by atomic mass is 10.1. The maximum Gasteiger partial charge on any atom is 0.255 e. The largest absolute Gasteiger partial charge is 0.319 e. The molecule has 2 aromatic rings. The first-order chi connectivity index (χ1) is 9.10. The first-order valence-corrected chi connectivity index (χ1v) is 6.84. The summed E-state index contributed by atoms with van der Waals surface area (Å²) >= 11 is 8.90. The van der Waals surface area contributed by atoms with E-state index < -0.39 is 5.82 Å². The van der Waals surface area contributed by atoms with Gasteiger partial charge in [0.15, 0.2) is 0 Å². The smallest absolute Gasteiger partial charge is 0.255 e. The molecule has 0 aliphatic rings. The third-order valence-corrected chi connectivity index (χ3v) is 3.35. The van der Waals surface area contributed by atoms with Crippen molar-refractivity contribution >= 4 is 39.1 Å². The number of hydrogen-bond acceptors (Lipinski definition) is 1. The minimum atomic E-state index is -0.478. The second-order valence-corrected chi connectivity index (χ2v) is 5.09. The summed E-state index contributed by atoms with van der Waals surface area (Å²) in [4.78, 5) is 12.0. The molecule has 1 N–H and O–H groups in total. The lowest BCUT2D eigenvalue weighted by molar-refractivity contribution is 0.102. The molecule has 5 heteroatoms. The minimum Gasteiger partial charge on any atom is -0.319 e. The van der Waals surface area contributed by atoms with Gasteiger partial charge < -0.3 is 5.32 Å². The molecule has 2 nitrogen and oxygen atoms in total. The van der Waals surface area contributed by atoms with E-state index in [1.807, 2.05) is 0 Å². The first kappa shape index (κ1) is 14.0. The standard InChI is InChI=1S/C14H10BrClFNO/c15-11-5-6-12(17)13(7-11)18-14(19)10-3-1-9(8-16)2-4-10/h1-7H,8H2,(H,18,19). The number of anilines is 1. The number of amides is 1. The molecule has 0 aliphatic carbocycles. The van der Waals surface area contributed by atoms with Gasteiger partial charge in [0, 0.05) is 15.9 Å². The lowest BCUT2D eigenvalue weighted by Gasteiger charge is -2.07. The quantitative estimate of drug-likeness (QED) is 0.813. The monoisotopic (exact) mass is 341 g/mol. The highest BCUT2D eigenvalue weighted by Gasteiger charge is 2.09. The van der Waals surface area contributed by atoms with Crippen LogP contribution in [-0.4, -0.2) is 5.91 Å². The van der Waals surface area contributed by atoms with Crippen LogP contribution in [0.15, 0.2) is 46.9 Å². The fourth-order valence-electron chi connectivity index (χ4n) is 1.53. The van der Waals surface area contributed by atoms with Crippen molar-refractivity contribution in [2.75, 3.05) is 5.32 Å². The van der Waals surface area contributed by atoms with E-state index in [9.17, 15) is 9.18 Å². The number of hydrogen-bond donors (Lipinski definition) is 1. The summed E-state index contributed by atoms with van der Waals surface area (Å²) in [6, 6.07) is 11.2. The molecule has 0 aromatic heterocycles. The average Bonchev–Trinajstić information content (AvgIpc) is 2.43. The Labute approximate surface area is 123 Å². The maximum absolute atomic E-state index is 13.5. The van der Waals surface area contributed by atoms with Gasteiger partial charge in [0.25, 0.3) is 5.91 Å². The van der Waals surface area contributed by atoms with Crippen LogP contribution < -0.4 is 5.32 Å². The predicted molar refractivity (Wildman–Crippen MR) is 78.1 cm³/mol. The van der Waals surface area contributed by atoms with E-state index in [2.05, 4.69) is 21.2 Å². The summed E-state index contributed by atoms with van der Waals surface area (Å²) in [7, 11) is 0. The Kier molecular flexibility index (Phi) is 4.56. The normalized spacial score (nSPS) is 10.3. The molecule has 0 bridgehead atoms. The highest BCUT2D eigenvalue weighted by molar-refractivity contribution is 9.10. The van der Waals surface area contributed by atoms with Gasteiger partial charge in [-0.3, -0.25) is 4.79 Å². The Morgan fingerprint density at radius 3 is 2.53 bits per heavy atom. The van der Waals surface area contributed by atoms with Gasteiger partial charge >= 0.3 is 0 Å². The summed E-state index contributed by atoms with van der Waals surface area (Å²) in [6.07, 6.45) is 0. The number of carbonyl (C=O) groups excluding carboxylic acids is 1. The summed E-state index contributed by atoms with van der Waals surface area (Å²) in [6.45, 7) is 0. The number of nitrogens with one attached hydrogen (secondary N) is 1. The number of benzene rings is 2. The SMILES string of the molecule is O=C(Nc1cc(Br)ccc1F)c1ccc(CCl)cc1. The number of carbonyl (C=O) groups is 1. The van der Waals surface area contributed by atoms with E-state index in [0.29, 0.717) is 15.9 Å². The second kappa shape index (κ2) is 6.17. The molecule has 1 amide bonds. The third kappa shape index (κ3) is 3.55. The van der Waals surface area contributed by atoms with Crippen molar-refractivity contribution < 1.29 is 9.18 Å². The van der Waals surface area contributed by atoms with Crippen LogP contribution in [0.4, 0.5) is 10.1 Å². The van der Waals surface area contributed by atoms with Crippen molar-refractivity contribution in [1.82, 2.24) is 0 Å². The van der Waals surface area contributed by atoms with E-state index in [0.717, 1.165) is 5.56 Å². The van der Waals surface area contributed by atoms with Crippen LogP contribution >= 0.6 is 27.5 Å². The lowest BCUT2D eigenvalue weighted by Crippen LogP contribution is -2.13. The van der Waals surface area contributed by atoms with Crippen LogP contribution in [0, 0.1) is 5.82 Å². The third-order valence-electron chi connectivity index (χ3n) is 2.55. The van der Waals surface area contributed by atoms with Crippen LogP contribution in [0.1, 0.15) is 15.9 Å². The molecule has 0 spiro atoms. The molecular formula is C14H10BrClFNO. The molecule has 2 rings (SSSR count). The van der Waals surface area contributed by atoms with E-state index in [1.54, 1.807) is 30.3 Å². The van der Waals surface area contributed by atoms with Gasteiger partial charge in [0.2, 0.25) is 0 Å². The zero-order valence-electron chi connectivity index (χ0n) is 9.79. The molecule has 98 valence electrons. The summed E-state index contributed by atoms with van der Waals surface area (Å²) < 4.78 is 14.2. The van der Waals surface area contributed by atoms with E-state index in [4.69, 9.17) is 11.6 Å². The van der Waals surface area contributed by atoms with Crippen LogP contribution in [0.2, 0.25) is 0 Å². The number of halogens is 3. The molecule has 0 atom stereocenters. The van der Waals surface area contributed by atoms with Crippen LogP contribution in [-0.2, 0) is 5.88 Å². The second-order valence-electron chi connectivity index (χ2n) is 3.91. The average molecular weight is 343 g/mol. The maximum atomic E-state index is 13.5. The molecule has 0 fully saturated rings. The predicted octanol–water partition coefficient (Wildman–Crippen LogP) is 4.58. The molecule has 0 radical (unpaired) electrons. The molecule has 0 saturated carbocycles. The van der Waals surface area contributed by atoms with Crippen molar-refractivity contribution in [1.29, 1.82) is 0 Å². The summed E-state index contributed by atoms with van der Waals surface area (Å²) in [5.41, 5.74) is 1.51. The van der Waals surface area contributed by atoms with Gasteiger partial charge in [-0.25, -0.2) is 4.39 Å². The molecule has 19 heavy (non-hydrogen) atoms.